The Morgan fingerprint density at radius 1 is 0.510 bits per heavy atom. The fraction of sp³-hybridized carbons (Fsp3) is 0.435. The third-order valence-electron chi connectivity index (χ3n) is 9.35. The number of carbonyl (C=O) groups excluding carboxylic acids is 2. The minimum Gasteiger partial charge on any atom is -0.494 e. The summed E-state index contributed by atoms with van der Waals surface area (Å²) in [6.45, 7) is 7.15. The Morgan fingerprint density at radius 2 is 1.00 bits per heavy atom. The smallest absolute Gasteiger partial charge is 0.343 e. The van der Waals surface area contributed by atoms with Gasteiger partial charge in [0.2, 0.25) is 0 Å². The predicted molar refractivity (Wildman–Crippen MR) is 210 cm³/mol. The highest BCUT2D eigenvalue weighted by molar-refractivity contribution is 5.92. The molecule has 1 atom stereocenters. The number of carbonyl (C=O) groups is 2. The van der Waals surface area contributed by atoms with Gasteiger partial charge in [-0.1, -0.05) is 139 Å². The van der Waals surface area contributed by atoms with Crippen molar-refractivity contribution in [2.24, 2.45) is 0 Å². The van der Waals surface area contributed by atoms with Crippen LogP contribution in [-0.4, -0.2) is 24.6 Å². The number of hydrogen-bond donors (Lipinski definition) is 0. The van der Waals surface area contributed by atoms with Gasteiger partial charge in [-0.3, -0.25) is 0 Å². The van der Waals surface area contributed by atoms with Crippen molar-refractivity contribution in [3.8, 4) is 33.8 Å². The molecular weight excluding hydrogens is 633 g/mol. The van der Waals surface area contributed by atoms with Crippen LogP contribution in [0.2, 0.25) is 0 Å². The standard InChI is InChI=1S/C46H58O5/c1-4-6-8-10-11-12-13-14-15-17-34-49-43-32-30-38(31-33-43)37-22-26-41(27-23-37)46(48)51-44-21-18-20-42(35-44)39-24-28-40(29-25-39)45(47)50-36(3)19-16-9-7-5-2/h18,20-33,35-36H,4-17,19,34H2,1-3H3/t36-/m0/s1. The summed E-state index contributed by atoms with van der Waals surface area (Å²) in [5, 5.41) is 0. The van der Waals surface area contributed by atoms with Gasteiger partial charge in [-0.2, -0.15) is 0 Å². The Balaban J connectivity index is 1.20. The number of hydrogen-bond acceptors (Lipinski definition) is 5. The molecule has 0 amide bonds. The second-order valence-electron chi connectivity index (χ2n) is 13.7. The molecule has 0 aliphatic carbocycles. The lowest BCUT2D eigenvalue weighted by Crippen LogP contribution is -2.15. The van der Waals surface area contributed by atoms with E-state index in [1.807, 2.05) is 61.5 Å². The fourth-order valence-electron chi connectivity index (χ4n) is 6.19. The molecule has 0 aliphatic rings. The van der Waals surface area contributed by atoms with E-state index in [9.17, 15) is 9.59 Å². The lowest BCUT2D eigenvalue weighted by atomic mass is 10.0. The minimum absolute atomic E-state index is 0.105. The third-order valence-corrected chi connectivity index (χ3v) is 9.35. The summed E-state index contributed by atoms with van der Waals surface area (Å²) in [5.74, 6) is 0.611. The van der Waals surface area contributed by atoms with Crippen LogP contribution in [0.1, 0.15) is 138 Å². The first-order valence-electron chi connectivity index (χ1n) is 19.4. The van der Waals surface area contributed by atoms with Crippen LogP contribution in [-0.2, 0) is 4.74 Å². The molecule has 5 nitrogen and oxygen atoms in total. The average Bonchev–Trinajstić information content (AvgIpc) is 3.16. The largest absolute Gasteiger partial charge is 0.494 e. The third kappa shape index (κ3) is 14.0. The molecule has 0 aromatic heterocycles. The van der Waals surface area contributed by atoms with Crippen LogP contribution in [0, 0.1) is 0 Å². The van der Waals surface area contributed by atoms with Gasteiger partial charge < -0.3 is 14.2 Å². The van der Waals surface area contributed by atoms with Gasteiger partial charge in [0.1, 0.15) is 11.5 Å². The summed E-state index contributed by atoms with van der Waals surface area (Å²) in [6.07, 6.45) is 18.5. The Morgan fingerprint density at radius 3 is 1.59 bits per heavy atom. The first-order valence-corrected chi connectivity index (χ1v) is 19.4. The van der Waals surface area contributed by atoms with E-state index in [1.54, 1.807) is 30.3 Å². The van der Waals surface area contributed by atoms with Gasteiger partial charge in [0.25, 0.3) is 0 Å². The first-order chi connectivity index (χ1) is 25.0. The number of unbranched alkanes of at least 4 members (excludes halogenated alkanes) is 12. The van der Waals surface area contributed by atoms with Crippen molar-refractivity contribution in [1.82, 2.24) is 0 Å². The minimum atomic E-state index is -0.420. The van der Waals surface area contributed by atoms with Gasteiger partial charge in [0, 0.05) is 0 Å². The van der Waals surface area contributed by atoms with E-state index in [2.05, 4.69) is 26.0 Å². The van der Waals surface area contributed by atoms with E-state index >= 15 is 0 Å². The average molecular weight is 691 g/mol. The van der Waals surface area contributed by atoms with E-state index in [-0.39, 0.29) is 12.1 Å². The summed E-state index contributed by atoms with van der Waals surface area (Å²) >= 11 is 0. The molecule has 0 saturated heterocycles. The first kappa shape index (κ1) is 39.4. The molecular formula is C46H58O5. The molecule has 4 aromatic carbocycles. The lowest BCUT2D eigenvalue weighted by Gasteiger charge is -2.13. The summed E-state index contributed by atoms with van der Waals surface area (Å²) < 4.78 is 17.4. The Labute approximate surface area is 306 Å². The predicted octanol–water partition coefficient (Wildman–Crippen LogP) is 13.1. The van der Waals surface area contributed by atoms with Gasteiger partial charge in [-0.15, -0.1) is 0 Å². The maximum Gasteiger partial charge on any atom is 0.343 e. The van der Waals surface area contributed by atoms with E-state index in [0.29, 0.717) is 16.9 Å². The zero-order valence-corrected chi connectivity index (χ0v) is 31.2. The molecule has 51 heavy (non-hydrogen) atoms. The second kappa shape index (κ2) is 22.4. The summed E-state index contributed by atoms with van der Waals surface area (Å²) in [7, 11) is 0. The number of esters is 2. The molecule has 0 radical (unpaired) electrons. The zero-order chi connectivity index (χ0) is 36.1. The van der Waals surface area contributed by atoms with E-state index < -0.39 is 5.97 Å². The van der Waals surface area contributed by atoms with Crippen LogP contribution in [0.3, 0.4) is 0 Å². The van der Waals surface area contributed by atoms with Crippen molar-refractivity contribution in [3.63, 3.8) is 0 Å². The van der Waals surface area contributed by atoms with E-state index in [0.717, 1.165) is 53.9 Å². The van der Waals surface area contributed by atoms with Crippen LogP contribution in [0.4, 0.5) is 0 Å². The molecule has 0 bridgehead atoms. The highest BCUT2D eigenvalue weighted by Gasteiger charge is 2.14. The molecule has 272 valence electrons. The topological polar surface area (TPSA) is 61.8 Å². The van der Waals surface area contributed by atoms with Crippen molar-refractivity contribution < 1.29 is 23.8 Å². The molecule has 0 aliphatic heterocycles. The highest BCUT2D eigenvalue weighted by Crippen LogP contribution is 2.27. The Kier molecular flexibility index (Phi) is 17.3. The van der Waals surface area contributed by atoms with Gasteiger partial charge in [-0.05, 0) is 97.0 Å². The summed E-state index contributed by atoms with van der Waals surface area (Å²) in [5.41, 5.74) is 4.87. The summed E-state index contributed by atoms with van der Waals surface area (Å²) in [6, 6.07) is 30.3. The van der Waals surface area contributed by atoms with Gasteiger partial charge in [0.15, 0.2) is 0 Å². The number of ether oxygens (including phenoxy) is 3. The monoisotopic (exact) mass is 690 g/mol. The van der Waals surface area contributed by atoms with Crippen molar-refractivity contribution in [1.29, 1.82) is 0 Å². The normalized spacial score (nSPS) is 11.6. The molecule has 0 unspecified atom stereocenters. The number of benzene rings is 4. The molecule has 0 spiro atoms. The molecule has 0 N–H and O–H groups in total. The quantitative estimate of drug-likeness (QED) is 0.0440. The van der Waals surface area contributed by atoms with Crippen LogP contribution in [0.15, 0.2) is 97.1 Å². The lowest BCUT2D eigenvalue weighted by molar-refractivity contribution is 0.0319. The zero-order valence-electron chi connectivity index (χ0n) is 31.2. The molecule has 0 heterocycles. The van der Waals surface area contributed by atoms with Gasteiger partial charge >= 0.3 is 11.9 Å². The van der Waals surface area contributed by atoms with Crippen molar-refractivity contribution in [2.75, 3.05) is 6.61 Å². The maximum atomic E-state index is 13.0. The maximum absolute atomic E-state index is 13.0. The Bertz CT molecular complexity index is 1570. The van der Waals surface area contributed by atoms with Gasteiger partial charge in [0.05, 0.1) is 23.8 Å². The van der Waals surface area contributed by atoms with Crippen LogP contribution in [0.5, 0.6) is 11.5 Å². The van der Waals surface area contributed by atoms with E-state index in [1.165, 1.54) is 77.0 Å². The molecule has 4 aromatic rings. The van der Waals surface area contributed by atoms with Crippen LogP contribution < -0.4 is 9.47 Å². The Hall–Kier alpha value is -4.38. The van der Waals surface area contributed by atoms with E-state index in [4.69, 9.17) is 14.2 Å². The van der Waals surface area contributed by atoms with Crippen molar-refractivity contribution in [2.45, 2.75) is 123 Å². The van der Waals surface area contributed by atoms with Crippen LogP contribution >= 0.6 is 0 Å². The van der Waals surface area contributed by atoms with Crippen molar-refractivity contribution >= 4 is 11.9 Å². The molecule has 5 heteroatoms. The van der Waals surface area contributed by atoms with Gasteiger partial charge in [-0.25, -0.2) is 9.59 Å². The molecule has 0 fully saturated rings. The SMILES string of the molecule is CCCCCCCCCCCCOc1ccc(-c2ccc(C(=O)Oc3cccc(-c4ccc(C(=O)O[C@@H](C)CCCCCC)cc4)c3)cc2)cc1. The van der Waals surface area contributed by atoms with Crippen LogP contribution in [0.25, 0.3) is 22.3 Å². The van der Waals surface area contributed by atoms with Crippen molar-refractivity contribution in [3.05, 3.63) is 108 Å². The molecule has 4 rings (SSSR count). The highest BCUT2D eigenvalue weighted by atomic mass is 16.5. The summed E-state index contributed by atoms with van der Waals surface area (Å²) in [4.78, 5) is 25.6. The fourth-order valence-corrected chi connectivity index (χ4v) is 6.19. The molecule has 0 saturated carbocycles. The number of rotatable bonds is 23. The second-order valence-corrected chi connectivity index (χ2v) is 13.7.